The molecule has 0 radical (unpaired) electrons. The van der Waals surface area contributed by atoms with Crippen molar-refractivity contribution in [1.82, 2.24) is 4.90 Å². The maximum absolute atomic E-state index is 12.1. The van der Waals surface area contributed by atoms with Crippen molar-refractivity contribution in [2.45, 2.75) is 18.0 Å². The number of rotatable bonds is 3. The highest BCUT2D eigenvalue weighted by atomic mass is 32.2. The molecule has 10 heteroatoms. The van der Waals surface area contributed by atoms with Gasteiger partial charge in [0.05, 0.1) is 5.25 Å². The number of alkyl halides is 3. The summed E-state index contributed by atoms with van der Waals surface area (Å²) in [5.41, 5.74) is 0.143. The summed E-state index contributed by atoms with van der Waals surface area (Å²) in [5.74, 6) is -0.905. The predicted molar refractivity (Wildman–Crippen MR) is 70.5 cm³/mol. The van der Waals surface area contributed by atoms with Gasteiger partial charge in [-0.25, -0.2) is 13.6 Å². The van der Waals surface area contributed by atoms with Gasteiger partial charge in [0.25, 0.3) is 5.91 Å². The first-order valence-electron chi connectivity index (χ1n) is 6.23. The summed E-state index contributed by atoms with van der Waals surface area (Å²) in [7, 11) is -3.72. The van der Waals surface area contributed by atoms with Gasteiger partial charge in [-0.15, -0.1) is 13.2 Å². The molecule has 1 fully saturated rings. The van der Waals surface area contributed by atoms with Crippen LogP contribution >= 0.6 is 0 Å². The van der Waals surface area contributed by atoms with Gasteiger partial charge < -0.3 is 9.64 Å². The van der Waals surface area contributed by atoms with Crippen LogP contribution in [0.1, 0.15) is 16.8 Å². The Morgan fingerprint density at radius 1 is 1.27 bits per heavy atom. The monoisotopic (exact) mass is 338 g/mol. The third kappa shape index (κ3) is 4.10. The van der Waals surface area contributed by atoms with Crippen LogP contribution in [0, 0.1) is 0 Å². The van der Waals surface area contributed by atoms with Crippen molar-refractivity contribution < 1.29 is 31.1 Å². The van der Waals surface area contributed by atoms with Gasteiger partial charge in [0, 0.05) is 18.7 Å². The molecule has 122 valence electrons. The fourth-order valence-electron chi connectivity index (χ4n) is 2.16. The number of carbonyl (C=O) groups is 1. The number of nitrogens with zero attached hydrogens (tertiary/aromatic N) is 1. The fraction of sp³-hybridized carbons (Fsp3) is 0.417. The minimum absolute atomic E-state index is 0.0293. The lowest BCUT2D eigenvalue weighted by Crippen LogP contribution is -2.34. The number of amides is 1. The normalized spacial score (nSPS) is 19.3. The predicted octanol–water partition coefficient (Wildman–Crippen LogP) is 1.09. The molecule has 1 aliphatic rings. The van der Waals surface area contributed by atoms with Crippen LogP contribution < -0.4 is 9.88 Å². The Morgan fingerprint density at radius 2 is 1.86 bits per heavy atom. The van der Waals surface area contributed by atoms with Crippen molar-refractivity contribution in [2.24, 2.45) is 5.14 Å². The Balaban J connectivity index is 2.05. The van der Waals surface area contributed by atoms with E-state index in [1.165, 1.54) is 17.0 Å². The number of halogens is 3. The average Bonchev–Trinajstić information content (AvgIpc) is 2.86. The Hall–Kier alpha value is -1.81. The van der Waals surface area contributed by atoms with Gasteiger partial charge in [0.2, 0.25) is 10.0 Å². The summed E-state index contributed by atoms with van der Waals surface area (Å²) in [5, 5.41) is 4.22. The number of hydrogen-bond donors (Lipinski definition) is 1. The van der Waals surface area contributed by atoms with E-state index in [9.17, 15) is 26.4 Å². The molecule has 2 rings (SSSR count). The van der Waals surface area contributed by atoms with E-state index in [2.05, 4.69) is 4.74 Å². The first-order valence-corrected chi connectivity index (χ1v) is 7.84. The molecule has 1 amide bonds. The molecule has 2 N–H and O–H groups in total. The highest BCUT2D eigenvalue weighted by molar-refractivity contribution is 7.89. The van der Waals surface area contributed by atoms with Gasteiger partial charge in [-0.05, 0) is 30.7 Å². The molecule has 1 atom stereocenters. The Morgan fingerprint density at radius 3 is 2.32 bits per heavy atom. The third-order valence-electron chi connectivity index (χ3n) is 3.23. The third-order valence-corrected chi connectivity index (χ3v) is 4.55. The lowest BCUT2D eigenvalue weighted by Gasteiger charge is -2.16. The number of hydrogen-bond acceptors (Lipinski definition) is 4. The molecule has 1 saturated heterocycles. The number of primary sulfonamides is 1. The van der Waals surface area contributed by atoms with Crippen molar-refractivity contribution in [3.8, 4) is 5.75 Å². The van der Waals surface area contributed by atoms with Gasteiger partial charge >= 0.3 is 6.36 Å². The van der Waals surface area contributed by atoms with Crippen LogP contribution in [0.2, 0.25) is 0 Å². The molecule has 22 heavy (non-hydrogen) atoms. The second-order valence-electron chi connectivity index (χ2n) is 4.82. The molecule has 0 aliphatic carbocycles. The zero-order chi connectivity index (χ0) is 16.5. The zero-order valence-corrected chi connectivity index (χ0v) is 12.0. The van der Waals surface area contributed by atoms with Crippen LogP contribution in [0.25, 0.3) is 0 Å². The van der Waals surface area contributed by atoms with Gasteiger partial charge in [-0.2, -0.15) is 0 Å². The van der Waals surface area contributed by atoms with Gasteiger partial charge in [0.15, 0.2) is 0 Å². The van der Waals surface area contributed by atoms with Gasteiger partial charge in [0.1, 0.15) is 5.75 Å². The first kappa shape index (κ1) is 16.6. The van der Waals surface area contributed by atoms with E-state index in [4.69, 9.17) is 5.14 Å². The van der Waals surface area contributed by atoms with Crippen LogP contribution in [-0.4, -0.2) is 43.9 Å². The minimum Gasteiger partial charge on any atom is -0.406 e. The second kappa shape index (κ2) is 5.76. The maximum Gasteiger partial charge on any atom is 0.573 e. The first-order chi connectivity index (χ1) is 10.1. The zero-order valence-electron chi connectivity index (χ0n) is 11.2. The molecule has 1 aliphatic heterocycles. The van der Waals surface area contributed by atoms with E-state index in [-0.39, 0.29) is 25.1 Å². The van der Waals surface area contributed by atoms with E-state index in [1.807, 2.05) is 0 Å². The lowest BCUT2D eigenvalue weighted by molar-refractivity contribution is -0.274. The summed E-state index contributed by atoms with van der Waals surface area (Å²) < 4.78 is 62.3. The Bertz CT molecular complexity index is 658. The largest absolute Gasteiger partial charge is 0.573 e. The van der Waals surface area contributed by atoms with Gasteiger partial charge in [-0.1, -0.05) is 0 Å². The summed E-state index contributed by atoms with van der Waals surface area (Å²) in [6.45, 7) is 0.194. The standard InChI is InChI=1S/C12H13F3N2O4S/c13-12(14,15)21-9-3-1-8(2-4-9)11(18)17-6-5-10(7-17)22(16,19)20/h1-4,10H,5-7H2,(H2,16,19,20). The average molecular weight is 338 g/mol. The summed E-state index contributed by atoms with van der Waals surface area (Å²) >= 11 is 0. The minimum atomic E-state index is -4.80. The molecule has 1 unspecified atom stereocenters. The van der Waals surface area contributed by atoms with Gasteiger partial charge in [-0.3, -0.25) is 4.79 Å². The van der Waals surface area contributed by atoms with Crippen molar-refractivity contribution in [2.75, 3.05) is 13.1 Å². The second-order valence-corrected chi connectivity index (χ2v) is 6.67. The Kier molecular flexibility index (Phi) is 4.34. The fourth-order valence-corrected chi connectivity index (χ4v) is 2.98. The molecular weight excluding hydrogens is 325 g/mol. The van der Waals surface area contributed by atoms with Crippen molar-refractivity contribution in [1.29, 1.82) is 0 Å². The number of ether oxygens (including phenoxy) is 1. The smallest absolute Gasteiger partial charge is 0.406 e. The topological polar surface area (TPSA) is 89.7 Å². The number of benzene rings is 1. The molecule has 0 bridgehead atoms. The molecular formula is C12H13F3N2O4S. The Labute approximate surface area is 124 Å². The molecule has 6 nitrogen and oxygen atoms in total. The number of sulfonamides is 1. The van der Waals surface area contributed by atoms with Crippen LogP contribution in [0.4, 0.5) is 13.2 Å². The SMILES string of the molecule is NS(=O)(=O)C1CCN(C(=O)c2ccc(OC(F)(F)F)cc2)C1. The summed E-state index contributed by atoms with van der Waals surface area (Å²) in [4.78, 5) is 13.4. The van der Waals surface area contributed by atoms with E-state index in [0.717, 1.165) is 12.1 Å². The number of nitrogens with two attached hydrogens (primary N) is 1. The number of carbonyl (C=O) groups excluding carboxylic acids is 1. The molecule has 0 aromatic heterocycles. The van der Waals surface area contributed by atoms with Crippen molar-refractivity contribution in [3.05, 3.63) is 29.8 Å². The summed E-state index contributed by atoms with van der Waals surface area (Å²) in [6.07, 6.45) is -4.57. The van der Waals surface area contributed by atoms with Crippen LogP contribution in [0.3, 0.4) is 0 Å². The number of likely N-dealkylation sites (tertiary alicyclic amines) is 1. The van der Waals surface area contributed by atoms with Crippen LogP contribution in [0.5, 0.6) is 5.75 Å². The van der Waals surface area contributed by atoms with E-state index < -0.39 is 33.3 Å². The molecule has 0 saturated carbocycles. The van der Waals surface area contributed by atoms with Crippen LogP contribution in [-0.2, 0) is 10.0 Å². The van der Waals surface area contributed by atoms with Crippen LogP contribution in [0.15, 0.2) is 24.3 Å². The summed E-state index contributed by atoms with van der Waals surface area (Å²) in [6, 6.07) is 4.42. The highest BCUT2D eigenvalue weighted by Gasteiger charge is 2.34. The molecule has 1 aromatic rings. The van der Waals surface area contributed by atoms with E-state index in [1.54, 1.807) is 0 Å². The molecule has 1 heterocycles. The molecule has 0 spiro atoms. The maximum atomic E-state index is 12.1. The van der Waals surface area contributed by atoms with Crippen molar-refractivity contribution >= 4 is 15.9 Å². The quantitative estimate of drug-likeness (QED) is 0.893. The molecule has 1 aromatic carbocycles. The highest BCUT2D eigenvalue weighted by Crippen LogP contribution is 2.24. The van der Waals surface area contributed by atoms with Crippen molar-refractivity contribution in [3.63, 3.8) is 0 Å². The van der Waals surface area contributed by atoms with E-state index in [0.29, 0.717) is 0 Å². The lowest BCUT2D eigenvalue weighted by atomic mass is 10.2. The van der Waals surface area contributed by atoms with E-state index >= 15 is 0 Å².